The molecule has 0 bridgehead atoms. The molecule has 2 N–H and O–H groups in total. The molecular weight excluding hydrogens is 354 g/mol. The average molecular weight is 369 g/mol. The summed E-state index contributed by atoms with van der Waals surface area (Å²) in [5.41, 5.74) is 6.36. The molecule has 0 aliphatic rings. The van der Waals surface area contributed by atoms with E-state index in [2.05, 4.69) is 15.8 Å². The van der Waals surface area contributed by atoms with Crippen molar-refractivity contribution >= 4 is 23.1 Å². The second kappa shape index (κ2) is 7.52. The third-order valence-corrected chi connectivity index (χ3v) is 3.54. The van der Waals surface area contributed by atoms with E-state index in [0.717, 1.165) is 5.56 Å². The Bertz CT molecular complexity index is 1010. The normalized spacial score (nSPS) is 10.4. The number of ether oxygens (including phenoxy) is 1. The number of nitro groups is 1. The number of carbonyl (C=O) groups excluding carboxylic acids is 2. The van der Waals surface area contributed by atoms with E-state index in [-0.39, 0.29) is 18.2 Å². The lowest BCUT2D eigenvalue weighted by molar-refractivity contribution is -0.385. The lowest BCUT2D eigenvalue weighted by Gasteiger charge is -2.07. The number of benzene rings is 1. The standard InChI is InChI=1S/C17H15N5O5/c1-11(23)19-20-17(24)10-27-14-5-2-12(3-6-14)15-9-21-8-13(22(25)26)4-7-16(21)18-15/h2-9H,10H2,1H3,(H,19,23)(H,20,24). The highest BCUT2D eigenvalue weighted by molar-refractivity contribution is 5.81. The van der Waals surface area contributed by atoms with Crippen molar-refractivity contribution in [2.75, 3.05) is 6.61 Å². The Balaban J connectivity index is 1.68. The van der Waals surface area contributed by atoms with E-state index in [9.17, 15) is 19.7 Å². The number of aromatic nitrogens is 2. The summed E-state index contributed by atoms with van der Waals surface area (Å²) in [5, 5.41) is 10.9. The molecule has 0 aliphatic carbocycles. The van der Waals surface area contributed by atoms with Gasteiger partial charge in [-0.1, -0.05) is 0 Å². The van der Waals surface area contributed by atoms with E-state index < -0.39 is 10.8 Å². The molecule has 3 rings (SSSR count). The Hall–Kier alpha value is -3.95. The topological polar surface area (TPSA) is 128 Å². The van der Waals surface area contributed by atoms with Crippen LogP contribution in [-0.4, -0.2) is 32.7 Å². The summed E-state index contributed by atoms with van der Waals surface area (Å²) in [6.45, 7) is 1.02. The van der Waals surface area contributed by atoms with Crippen LogP contribution >= 0.6 is 0 Å². The van der Waals surface area contributed by atoms with Gasteiger partial charge in [-0.25, -0.2) is 4.98 Å². The molecule has 10 heteroatoms. The fourth-order valence-electron chi connectivity index (χ4n) is 2.29. The van der Waals surface area contributed by atoms with Crippen molar-refractivity contribution in [3.8, 4) is 17.0 Å². The van der Waals surface area contributed by atoms with Crippen LogP contribution < -0.4 is 15.6 Å². The number of fused-ring (bicyclic) bond motifs is 1. The zero-order chi connectivity index (χ0) is 19.4. The van der Waals surface area contributed by atoms with E-state index >= 15 is 0 Å². The van der Waals surface area contributed by atoms with Gasteiger partial charge < -0.3 is 4.74 Å². The Morgan fingerprint density at radius 2 is 1.89 bits per heavy atom. The van der Waals surface area contributed by atoms with Crippen LogP contribution in [0.5, 0.6) is 5.75 Å². The molecule has 0 fully saturated rings. The fraction of sp³-hybridized carbons (Fsp3) is 0.118. The first-order valence-electron chi connectivity index (χ1n) is 7.84. The average Bonchev–Trinajstić information content (AvgIpc) is 3.08. The second-order valence-electron chi connectivity index (χ2n) is 5.58. The van der Waals surface area contributed by atoms with Gasteiger partial charge in [0.2, 0.25) is 5.91 Å². The molecule has 0 radical (unpaired) electrons. The minimum absolute atomic E-state index is 0.0206. The van der Waals surface area contributed by atoms with E-state index in [1.807, 2.05) is 0 Å². The van der Waals surface area contributed by atoms with Gasteiger partial charge in [-0.3, -0.25) is 35.0 Å². The van der Waals surface area contributed by atoms with E-state index in [4.69, 9.17) is 4.74 Å². The van der Waals surface area contributed by atoms with Crippen LogP contribution in [0.25, 0.3) is 16.9 Å². The number of pyridine rings is 1. The molecule has 0 aliphatic heterocycles. The number of nitrogens with one attached hydrogen (secondary N) is 2. The van der Waals surface area contributed by atoms with E-state index in [1.165, 1.54) is 19.2 Å². The molecule has 2 amide bonds. The SMILES string of the molecule is CC(=O)NNC(=O)COc1ccc(-c2cn3cc([N+](=O)[O-])ccc3n2)cc1. The lowest BCUT2D eigenvalue weighted by Crippen LogP contribution is -2.42. The molecule has 0 spiro atoms. The van der Waals surface area contributed by atoms with E-state index in [0.29, 0.717) is 17.1 Å². The van der Waals surface area contributed by atoms with Crippen LogP contribution in [0.1, 0.15) is 6.92 Å². The highest BCUT2D eigenvalue weighted by atomic mass is 16.6. The summed E-state index contributed by atoms with van der Waals surface area (Å²) in [7, 11) is 0. The molecule has 0 saturated carbocycles. The van der Waals surface area contributed by atoms with Crippen LogP contribution in [0.2, 0.25) is 0 Å². The van der Waals surface area contributed by atoms with Crippen LogP contribution in [0.4, 0.5) is 5.69 Å². The molecule has 1 aromatic carbocycles. The van der Waals surface area contributed by atoms with E-state index in [1.54, 1.807) is 40.9 Å². The minimum Gasteiger partial charge on any atom is -0.484 e. The van der Waals surface area contributed by atoms with Gasteiger partial charge in [-0.05, 0) is 30.3 Å². The van der Waals surface area contributed by atoms with Crippen LogP contribution in [-0.2, 0) is 9.59 Å². The van der Waals surface area contributed by atoms with Crippen LogP contribution in [0, 0.1) is 10.1 Å². The zero-order valence-electron chi connectivity index (χ0n) is 14.2. The van der Waals surface area contributed by atoms with Crippen molar-refractivity contribution < 1.29 is 19.2 Å². The first-order valence-corrected chi connectivity index (χ1v) is 7.84. The van der Waals surface area contributed by atoms with Crippen LogP contribution in [0.15, 0.2) is 48.8 Å². The maximum absolute atomic E-state index is 11.5. The van der Waals surface area contributed by atoms with Gasteiger partial charge in [0.25, 0.3) is 11.6 Å². The molecule has 0 saturated heterocycles. The summed E-state index contributed by atoms with van der Waals surface area (Å²) in [6.07, 6.45) is 3.09. The van der Waals surface area contributed by atoms with Gasteiger partial charge in [0.1, 0.15) is 11.4 Å². The van der Waals surface area contributed by atoms with Gasteiger partial charge in [-0.2, -0.15) is 0 Å². The fourth-order valence-corrected chi connectivity index (χ4v) is 2.29. The summed E-state index contributed by atoms with van der Waals surface area (Å²) in [4.78, 5) is 37.0. The summed E-state index contributed by atoms with van der Waals surface area (Å²) in [5.74, 6) is -0.405. The third-order valence-electron chi connectivity index (χ3n) is 3.54. The lowest BCUT2D eigenvalue weighted by atomic mass is 10.2. The number of nitrogens with zero attached hydrogens (tertiary/aromatic N) is 3. The molecule has 27 heavy (non-hydrogen) atoms. The van der Waals surface area contributed by atoms with Gasteiger partial charge >= 0.3 is 0 Å². The summed E-state index contributed by atoms with van der Waals surface area (Å²) < 4.78 is 6.92. The minimum atomic E-state index is -0.490. The maximum Gasteiger partial charge on any atom is 0.286 e. The van der Waals surface area contributed by atoms with Crippen molar-refractivity contribution in [3.05, 3.63) is 58.9 Å². The number of rotatable bonds is 5. The maximum atomic E-state index is 11.5. The number of amides is 2. The van der Waals surface area contributed by atoms with Crippen LogP contribution in [0.3, 0.4) is 0 Å². The van der Waals surface area contributed by atoms with Crippen molar-refractivity contribution in [1.82, 2.24) is 20.2 Å². The molecule has 2 aromatic heterocycles. The Labute approximate surface area is 152 Å². The van der Waals surface area contributed by atoms with Gasteiger partial charge in [0.15, 0.2) is 6.61 Å². The number of carbonyl (C=O) groups is 2. The number of imidazole rings is 1. The Kier molecular flexibility index (Phi) is 4.97. The molecule has 2 heterocycles. The quantitative estimate of drug-likeness (QED) is 0.517. The highest BCUT2D eigenvalue weighted by Crippen LogP contribution is 2.23. The molecule has 0 atom stereocenters. The van der Waals surface area contributed by atoms with Crippen molar-refractivity contribution in [1.29, 1.82) is 0 Å². The molecule has 0 unspecified atom stereocenters. The van der Waals surface area contributed by atoms with Crippen molar-refractivity contribution in [2.45, 2.75) is 6.92 Å². The van der Waals surface area contributed by atoms with Crippen molar-refractivity contribution in [2.24, 2.45) is 0 Å². The molecule has 3 aromatic rings. The number of hydrogen-bond donors (Lipinski definition) is 2. The molecule has 138 valence electrons. The number of hydrazine groups is 1. The second-order valence-corrected chi connectivity index (χ2v) is 5.58. The smallest absolute Gasteiger partial charge is 0.286 e. The van der Waals surface area contributed by atoms with Gasteiger partial charge in [0.05, 0.1) is 16.8 Å². The third kappa shape index (κ3) is 4.37. The zero-order valence-corrected chi connectivity index (χ0v) is 14.2. The predicted octanol–water partition coefficient (Wildman–Crippen LogP) is 1.46. The molecular formula is C17H15N5O5. The predicted molar refractivity (Wildman–Crippen MR) is 94.7 cm³/mol. The summed E-state index contributed by atoms with van der Waals surface area (Å²) >= 11 is 0. The summed E-state index contributed by atoms with van der Waals surface area (Å²) in [6, 6.07) is 9.84. The van der Waals surface area contributed by atoms with Gasteiger partial charge in [0, 0.05) is 24.8 Å². The first-order chi connectivity index (χ1) is 12.9. The molecule has 10 nitrogen and oxygen atoms in total. The largest absolute Gasteiger partial charge is 0.484 e. The Morgan fingerprint density at radius 1 is 1.15 bits per heavy atom. The van der Waals surface area contributed by atoms with Crippen molar-refractivity contribution in [3.63, 3.8) is 0 Å². The Morgan fingerprint density at radius 3 is 2.56 bits per heavy atom. The van der Waals surface area contributed by atoms with Gasteiger partial charge in [-0.15, -0.1) is 0 Å². The highest BCUT2D eigenvalue weighted by Gasteiger charge is 2.10. The monoisotopic (exact) mass is 369 g/mol. The number of hydrogen-bond acceptors (Lipinski definition) is 6. The first kappa shape index (κ1) is 17.9.